The fourth-order valence-electron chi connectivity index (χ4n) is 3.27. The Balaban J connectivity index is 1.53. The second-order valence-electron chi connectivity index (χ2n) is 7.58. The first-order chi connectivity index (χ1) is 15.6. The molecule has 0 fully saturated rings. The van der Waals surface area contributed by atoms with E-state index in [1.165, 1.54) is 61.3 Å². The van der Waals surface area contributed by atoms with E-state index in [1.54, 1.807) is 12.1 Å². The molecule has 4 nitrogen and oxygen atoms in total. The van der Waals surface area contributed by atoms with E-state index in [0.29, 0.717) is 11.3 Å². The van der Waals surface area contributed by atoms with E-state index in [0.717, 1.165) is 16.9 Å². The van der Waals surface area contributed by atoms with Crippen molar-refractivity contribution in [1.82, 2.24) is 0 Å². The van der Waals surface area contributed by atoms with Gasteiger partial charge in [0.1, 0.15) is 5.75 Å². The number of hydrogen-bond donors (Lipinski definition) is 1. The number of carboxylic acids is 1. The van der Waals surface area contributed by atoms with Crippen molar-refractivity contribution in [2.24, 2.45) is 0 Å². The standard InChI is InChI=1S/C27H28O4S/c1-2-3-4-5-6-19-32-25-17-13-21(14-18-25)20-7-9-23(10-8-20)27(30)31-24-15-11-22(12-16-24)26(28)29/h7-18H,2-6,19H2,1H3,(H,28,29). The molecule has 5 heteroatoms. The van der Waals surface area contributed by atoms with Crippen LogP contribution in [0.5, 0.6) is 5.75 Å². The topological polar surface area (TPSA) is 63.6 Å². The molecule has 3 aromatic rings. The SMILES string of the molecule is CCCCCCCSc1ccc(-c2ccc(C(=O)Oc3ccc(C(=O)O)cc3)cc2)cc1. The zero-order chi connectivity index (χ0) is 22.8. The lowest BCUT2D eigenvalue weighted by atomic mass is 10.0. The van der Waals surface area contributed by atoms with Gasteiger partial charge in [-0.3, -0.25) is 0 Å². The molecule has 0 spiro atoms. The Morgan fingerprint density at radius 3 is 1.91 bits per heavy atom. The molecule has 0 aliphatic heterocycles. The van der Waals surface area contributed by atoms with Gasteiger partial charge in [0, 0.05) is 4.90 Å². The number of aromatic carboxylic acids is 1. The quantitative estimate of drug-likeness (QED) is 0.144. The van der Waals surface area contributed by atoms with Gasteiger partial charge >= 0.3 is 11.9 Å². The van der Waals surface area contributed by atoms with Crippen LogP contribution in [0.15, 0.2) is 77.7 Å². The van der Waals surface area contributed by atoms with Gasteiger partial charge in [0.05, 0.1) is 11.1 Å². The van der Waals surface area contributed by atoms with Crippen LogP contribution in [0.4, 0.5) is 0 Å². The number of carboxylic acid groups (broad SMARTS) is 1. The molecular weight excluding hydrogens is 420 g/mol. The highest BCUT2D eigenvalue weighted by Gasteiger charge is 2.10. The van der Waals surface area contributed by atoms with Gasteiger partial charge in [-0.2, -0.15) is 0 Å². The maximum Gasteiger partial charge on any atom is 0.343 e. The third kappa shape index (κ3) is 6.99. The Bertz CT molecular complexity index is 1010. The Labute approximate surface area is 193 Å². The number of unbranched alkanes of at least 4 members (excludes halogenated alkanes) is 4. The van der Waals surface area contributed by atoms with E-state index in [4.69, 9.17) is 9.84 Å². The van der Waals surface area contributed by atoms with Crippen molar-refractivity contribution in [3.05, 3.63) is 83.9 Å². The van der Waals surface area contributed by atoms with E-state index in [9.17, 15) is 9.59 Å². The predicted molar refractivity (Wildman–Crippen MR) is 130 cm³/mol. The summed E-state index contributed by atoms with van der Waals surface area (Å²) in [5.41, 5.74) is 2.71. The Morgan fingerprint density at radius 2 is 1.31 bits per heavy atom. The van der Waals surface area contributed by atoms with Crippen LogP contribution in [0.3, 0.4) is 0 Å². The molecular formula is C27H28O4S. The second kappa shape index (κ2) is 12.1. The number of ether oxygens (including phenoxy) is 1. The van der Waals surface area contributed by atoms with Crippen LogP contribution in [-0.2, 0) is 0 Å². The monoisotopic (exact) mass is 448 g/mol. The highest BCUT2D eigenvalue weighted by Crippen LogP contribution is 2.26. The number of hydrogen-bond acceptors (Lipinski definition) is 4. The number of carbonyl (C=O) groups excluding carboxylic acids is 1. The first-order valence-electron chi connectivity index (χ1n) is 11.0. The van der Waals surface area contributed by atoms with Gasteiger partial charge in [-0.1, -0.05) is 56.9 Å². The molecule has 0 aliphatic rings. The predicted octanol–water partition coefficient (Wildman–Crippen LogP) is 7.33. The molecule has 0 amide bonds. The van der Waals surface area contributed by atoms with Gasteiger partial charge in [0.25, 0.3) is 0 Å². The van der Waals surface area contributed by atoms with Gasteiger partial charge in [-0.05, 0) is 71.8 Å². The van der Waals surface area contributed by atoms with Gasteiger partial charge < -0.3 is 9.84 Å². The Kier molecular flexibility index (Phi) is 8.93. The van der Waals surface area contributed by atoms with Gasteiger partial charge in [-0.25, -0.2) is 9.59 Å². The first-order valence-corrected chi connectivity index (χ1v) is 11.9. The van der Waals surface area contributed by atoms with E-state index in [-0.39, 0.29) is 5.56 Å². The number of benzene rings is 3. The Hall–Kier alpha value is -3.05. The van der Waals surface area contributed by atoms with E-state index in [1.807, 2.05) is 23.9 Å². The molecule has 0 unspecified atom stereocenters. The summed E-state index contributed by atoms with van der Waals surface area (Å²) in [7, 11) is 0. The maximum absolute atomic E-state index is 12.4. The smallest absolute Gasteiger partial charge is 0.343 e. The van der Waals surface area contributed by atoms with E-state index in [2.05, 4.69) is 31.2 Å². The third-order valence-corrected chi connectivity index (χ3v) is 6.23. The summed E-state index contributed by atoms with van der Waals surface area (Å²) >= 11 is 1.90. The minimum Gasteiger partial charge on any atom is -0.478 e. The highest BCUT2D eigenvalue weighted by molar-refractivity contribution is 7.99. The van der Waals surface area contributed by atoms with Gasteiger partial charge in [-0.15, -0.1) is 11.8 Å². The van der Waals surface area contributed by atoms with Gasteiger partial charge in [0.2, 0.25) is 0 Å². The van der Waals surface area contributed by atoms with Crippen molar-refractivity contribution in [3.63, 3.8) is 0 Å². The zero-order valence-corrected chi connectivity index (χ0v) is 19.1. The number of esters is 1. The summed E-state index contributed by atoms with van der Waals surface area (Å²) in [5.74, 6) is -0.0424. The van der Waals surface area contributed by atoms with Crippen LogP contribution in [0.1, 0.15) is 59.7 Å². The average molecular weight is 449 g/mol. The summed E-state index contributed by atoms with van der Waals surface area (Å²) in [6.45, 7) is 2.24. The molecule has 1 N–H and O–H groups in total. The second-order valence-corrected chi connectivity index (χ2v) is 8.75. The lowest BCUT2D eigenvalue weighted by Crippen LogP contribution is -2.08. The van der Waals surface area contributed by atoms with E-state index >= 15 is 0 Å². The van der Waals surface area contributed by atoms with Crippen LogP contribution in [0.25, 0.3) is 11.1 Å². The fourth-order valence-corrected chi connectivity index (χ4v) is 4.18. The van der Waals surface area contributed by atoms with Crippen molar-refractivity contribution in [1.29, 1.82) is 0 Å². The normalized spacial score (nSPS) is 10.7. The third-order valence-electron chi connectivity index (χ3n) is 5.14. The zero-order valence-electron chi connectivity index (χ0n) is 18.3. The number of thioether (sulfide) groups is 1. The summed E-state index contributed by atoms with van der Waals surface area (Å²) in [6, 6.07) is 21.5. The van der Waals surface area contributed by atoms with Crippen molar-refractivity contribution in [2.45, 2.75) is 43.9 Å². The highest BCUT2D eigenvalue weighted by atomic mass is 32.2. The molecule has 0 bridgehead atoms. The minimum atomic E-state index is -1.02. The molecule has 0 saturated heterocycles. The molecule has 166 valence electrons. The van der Waals surface area contributed by atoms with Gasteiger partial charge in [0.15, 0.2) is 0 Å². The number of rotatable bonds is 11. The fraction of sp³-hybridized carbons (Fsp3) is 0.259. The summed E-state index contributed by atoms with van der Waals surface area (Å²) in [4.78, 5) is 24.5. The lowest BCUT2D eigenvalue weighted by molar-refractivity contribution is 0.0696. The molecule has 0 atom stereocenters. The van der Waals surface area contributed by atoms with E-state index < -0.39 is 11.9 Å². The Morgan fingerprint density at radius 1 is 0.750 bits per heavy atom. The first kappa shape index (κ1) is 23.6. The average Bonchev–Trinajstić information content (AvgIpc) is 2.82. The summed E-state index contributed by atoms with van der Waals surface area (Å²) in [6.07, 6.45) is 6.50. The van der Waals surface area contributed by atoms with Crippen LogP contribution in [-0.4, -0.2) is 22.8 Å². The molecule has 32 heavy (non-hydrogen) atoms. The van der Waals surface area contributed by atoms with Crippen LogP contribution < -0.4 is 4.74 Å². The van der Waals surface area contributed by atoms with Crippen molar-refractivity contribution >= 4 is 23.7 Å². The van der Waals surface area contributed by atoms with Crippen molar-refractivity contribution in [3.8, 4) is 16.9 Å². The summed E-state index contributed by atoms with van der Waals surface area (Å²) < 4.78 is 5.33. The van der Waals surface area contributed by atoms with Crippen molar-refractivity contribution in [2.75, 3.05) is 5.75 Å². The molecule has 0 aromatic heterocycles. The van der Waals surface area contributed by atoms with Crippen LogP contribution in [0, 0.1) is 0 Å². The molecule has 0 heterocycles. The number of carbonyl (C=O) groups is 2. The van der Waals surface area contributed by atoms with Crippen LogP contribution in [0.2, 0.25) is 0 Å². The summed E-state index contributed by atoms with van der Waals surface area (Å²) in [5, 5.41) is 8.94. The molecule has 3 rings (SSSR count). The minimum absolute atomic E-state index is 0.144. The molecule has 3 aromatic carbocycles. The largest absolute Gasteiger partial charge is 0.478 e. The molecule has 0 aliphatic carbocycles. The molecule has 0 saturated carbocycles. The maximum atomic E-state index is 12.4. The molecule has 0 radical (unpaired) electrons. The lowest BCUT2D eigenvalue weighted by Gasteiger charge is -2.07. The van der Waals surface area contributed by atoms with Crippen LogP contribution >= 0.6 is 11.8 Å². The van der Waals surface area contributed by atoms with Crippen molar-refractivity contribution < 1.29 is 19.4 Å².